The lowest BCUT2D eigenvalue weighted by Gasteiger charge is -2.27. The SMILES string of the molecule is CCCCC/C=C\C/C=C\C/C=C\C/C=C\CCCC(=O)OC(/C=C/CCCCCCCCCCC)C(COP(=O)(O)OCC[N+](C)(C)C)NC(=O)CCCCCCCCCCCCCCCCC. The van der Waals surface area contributed by atoms with E-state index in [1.807, 2.05) is 33.3 Å². The van der Waals surface area contributed by atoms with Gasteiger partial charge in [-0.1, -0.05) is 230 Å². The Kier molecular flexibility index (Phi) is 47.7. The normalized spacial score (nSPS) is 14.2. The van der Waals surface area contributed by atoms with Crippen LogP contribution >= 0.6 is 7.82 Å². The molecule has 1 amide bonds. The lowest BCUT2D eigenvalue weighted by molar-refractivity contribution is -0.870. The van der Waals surface area contributed by atoms with Crippen LogP contribution in [0.4, 0.5) is 0 Å². The predicted molar refractivity (Wildman–Crippen MR) is 295 cm³/mol. The first-order chi connectivity index (χ1) is 33.4. The molecule has 0 aromatic carbocycles. The number of nitrogens with zero attached hydrogens (tertiary/aromatic N) is 1. The average Bonchev–Trinajstić information content (AvgIpc) is 3.31. The number of amides is 1. The largest absolute Gasteiger partial charge is 0.472 e. The fourth-order valence-electron chi connectivity index (χ4n) is 7.99. The number of likely N-dealkylation sites (N-methyl/N-ethyl adjacent to an activating group) is 1. The molecule has 2 N–H and O–H groups in total. The molecule has 0 aliphatic heterocycles. The number of allylic oxidation sites excluding steroid dienone is 9. The molecule has 0 rings (SSSR count). The van der Waals surface area contributed by atoms with Gasteiger partial charge in [0.2, 0.25) is 5.91 Å². The number of nitrogens with one attached hydrogen (secondary N) is 1. The van der Waals surface area contributed by atoms with Crippen LogP contribution in [0.25, 0.3) is 0 Å². The molecule has 0 radical (unpaired) electrons. The van der Waals surface area contributed by atoms with Crippen molar-refractivity contribution < 1.29 is 37.3 Å². The van der Waals surface area contributed by atoms with E-state index in [2.05, 4.69) is 74.7 Å². The first-order valence-electron chi connectivity index (χ1n) is 28.6. The first-order valence-corrected chi connectivity index (χ1v) is 30.1. The van der Waals surface area contributed by atoms with Gasteiger partial charge >= 0.3 is 13.8 Å². The highest BCUT2D eigenvalue weighted by Gasteiger charge is 2.30. The number of hydrogen-bond acceptors (Lipinski definition) is 6. The summed E-state index contributed by atoms with van der Waals surface area (Å²) in [7, 11) is 1.47. The van der Waals surface area contributed by atoms with E-state index in [-0.39, 0.29) is 31.5 Å². The molecule has 0 saturated heterocycles. The summed E-state index contributed by atoms with van der Waals surface area (Å²) in [6.45, 7) is 6.94. The molecule has 69 heavy (non-hydrogen) atoms. The summed E-state index contributed by atoms with van der Waals surface area (Å²) in [4.78, 5) is 37.5. The van der Waals surface area contributed by atoms with Gasteiger partial charge in [0.05, 0.1) is 33.8 Å². The minimum Gasteiger partial charge on any atom is -0.456 e. The van der Waals surface area contributed by atoms with Gasteiger partial charge in [-0.3, -0.25) is 18.6 Å². The minimum absolute atomic E-state index is 0.0317. The Morgan fingerprint density at radius 3 is 1.38 bits per heavy atom. The monoisotopic (exact) mass is 990 g/mol. The van der Waals surface area contributed by atoms with Gasteiger partial charge in [0, 0.05) is 12.8 Å². The zero-order chi connectivity index (χ0) is 50.8. The van der Waals surface area contributed by atoms with Gasteiger partial charge in [0.25, 0.3) is 0 Å². The third kappa shape index (κ3) is 50.4. The summed E-state index contributed by atoms with van der Waals surface area (Å²) in [6.07, 6.45) is 60.7. The van der Waals surface area contributed by atoms with Crippen LogP contribution in [-0.4, -0.2) is 74.3 Å². The maximum atomic E-state index is 13.5. The van der Waals surface area contributed by atoms with E-state index in [0.29, 0.717) is 23.9 Å². The maximum Gasteiger partial charge on any atom is 0.472 e. The van der Waals surface area contributed by atoms with Gasteiger partial charge in [0.1, 0.15) is 19.3 Å². The van der Waals surface area contributed by atoms with E-state index in [9.17, 15) is 19.0 Å². The van der Waals surface area contributed by atoms with E-state index < -0.39 is 20.0 Å². The van der Waals surface area contributed by atoms with Crippen LogP contribution in [0.2, 0.25) is 0 Å². The third-order valence-electron chi connectivity index (χ3n) is 12.5. The topological polar surface area (TPSA) is 111 Å². The summed E-state index contributed by atoms with van der Waals surface area (Å²) >= 11 is 0. The molecule has 0 heterocycles. The lowest BCUT2D eigenvalue weighted by Crippen LogP contribution is -2.47. The van der Waals surface area contributed by atoms with Crippen molar-refractivity contribution in [2.45, 2.75) is 264 Å². The lowest BCUT2D eigenvalue weighted by atomic mass is 10.0. The van der Waals surface area contributed by atoms with Gasteiger partial charge in [-0.05, 0) is 70.3 Å². The molecule has 0 fully saturated rings. The van der Waals surface area contributed by atoms with Crippen molar-refractivity contribution in [3.05, 3.63) is 60.8 Å². The standard InChI is InChI=1S/C59H109N2O7P/c1-7-10-13-16-19-22-25-27-29-30-32-34-37-40-43-46-49-52-59(63)68-57(50-47-44-41-38-35-24-21-18-15-12-9-3)56(55-67-69(64,65)66-54-53-61(4,5)6)60-58(62)51-48-45-42-39-36-33-31-28-26-23-20-17-14-11-8-2/h19,22,27,29,32,34,40,43,47,50,56-57H,7-18,20-21,23-26,28,30-31,33,35-39,41-42,44-46,48-49,51-55H2,1-6H3,(H-,60,62,64,65)/p+1/b22-19-,29-27-,34-32-,43-40-,50-47+. The fraction of sp³-hybridized carbons (Fsp3) is 0.797. The molecule has 0 aromatic rings. The number of carbonyl (C=O) groups is 2. The molecule has 0 aromatic heterocycles. The summed E-state index contributed by atoms with van der Waals surface area (Å²) < 4.78 is 30.5. The van der Waals surface area contributed by atoms with Crippen molar-refractivity contribution >= 4 is 19.7 Å². The van der Waals surface area contributed by atoms with Crippen LogP contribution in [0.15, 0.2) is 60.8 Å². The number of phosphoric ester groups is 1. The van der Waals surface area contributed by atoms with E-state index in [4.69, 9.17) is 13.8 Å². The van der Waals surface area contributed by atoms with Gasteiger partial charge in [-0.25, -0.2) is 4.57 Å². The second-order valence-corrected chi connectivity index (χ2v) is 21.9. The van der Waals surface area contributed by atoms with Crippen LogP contribution < -0.4 is 5.32 Å². The number of carbonyl (C=O) groups excluding carboxylic acids is 2. The number of phosphoric acid groups is 1. The quantitative estimate of drug-likeness (QED) is 0.0205. The van der Waals surface area contributed by atoms with Crippen LogP contribution in [0.3, 0.4) is 0 Å². The Balaban J connectivity index is 5.41. The van der Waals surface area contributed by atoms with Gasteiger partial charge in [-0.2, -0.15) is 0 Å². The zero-order valence-electron chi connectivity index (χ0n) is 45.8. The number of ether oxygens (including phenoxy) is 1. The number of unbranched alkanes of at least 4 members (excludes halogenated alkanes) is 27. The fourth-order valence-corrected chi connectivity index (χ4v) is 8.73. The molecule has 3 unspecified atom stereocenters. The molecule has 0 aliphatic rings. The van der Waals surface area contributed by atoms with Gasteiger partial charge in [-0.15, -0.1) is 0 Å². The van der Waals surface area contributed by atoms with Crippen molar-refractivity contribution in [3.8, 4) is 0 Å². The van der Waals surface area contributed by atoms with Gasteiger partial charge in [0.15, 0.2) is 0 Å². The van der Waals surface area contributed by atoms with Crippen LogP contribution in [-0.2, 0) is 27.9 Å². The van der Waals surface area contributed by atoms with Crippen molar-refractivity contribution in [1.82, 2.24) is 5.32 Å². The van der Waals surface area contributed by atoms with E-state index in [1.54, 1.807) is 0 Å². The Morgan fingerprint density at radius 2 is 0.899 bits per heavy atom. The number of esters is 1. The number of quaternary nitrogens is 1. The van der Waals surface area contributed by atoms with Crippen LogP contribution in [0, 0.1) is 0 Å². The highest BCUT2D eigenvalue weighted by Crippen LogP contribution is 2.43. The molecule has 0 saturated carbocycles. The highest BCUT2D eigenvalue weighted by molar-refractivity contribution is 7.47. The summed E-state index contributed by atoms with van der Waals surface area (Å²) in [5.41, 5.74) is 0. The minimum atomic E-state index is -4.45. The van der Waals surface area contributed by atoms with Crippen molar-refractivity contribution in [2.24, 2.45) is 0 Å². The van der Waals surface area contributed by atoms with Crippen molar-refractivity contribution in [1.29, 1.82) is 0 Å². The van der Waals surface area contributed by atoms with E-state index in [0.717, 1.165) is 64.2 Å². The van der Waals surface area contributed by atoms with Crippen LogP contribution in [0.1, 0.15) is 252 Å². The molecule has 3 atom stereocenters. The maximum absolute atomic E-state index is 13.5. The second kappa shape index (κ2) is 49.3. The predicted octanol–water partition coefficient (Wildman–Crippen LogP) is 17.1. The Hall–Kier alpha value is -2.29. The van der Waals surface area contributed by atoms with E-state index >= 15 is 0 Å². The molecule has 402 valence electrons. The summed E-state index contributed by atoms with van der Waals surface area (Å²) in [5, 5.41) is 3.03. The number of hydrogen-bond donors (Lipinski definition) is 2. The summed E-state index contributed by atoms with van der Waals surface area (Å²) in [5.74, 6) is -0.567. The number of rotatable bonds is 51. The highest BCUT2D eigenvalue weighted by atomic mass is 31.2. The van der Waals surface area contributed by atoms with Gasteiger partial charge < -0.3 is 19.4 Å². The summed E-state index contributed by atoms with van der Waals surface area (Å²) in [6, 6.07) is -0.867. The molecule has 10 heteroatoms. The smallest absolute Gasteiger partial charge is 0.456 e. The molecule has 0 spiro atoms. The third-order valence-corrected chi connectivity index (χ3v) is 13.4. The molecule has 0 aliphatic carbocycles. The molecule has 0 bridgehead atoms. The Bertz CT molecular complexity index is 1370. The van der Waals surface area contributed by atoms with E-state index in [1.165, 1.54) is 148 Å². The van der Waals surface area contributed by atoms with Crippen LogP contribution in [0.5, 0.6) is 0 Å². The van der Waals surface area contributed by atoms with Crippen molar-refractivity contribution in [3.63, 3.8) is 0 Å². The second-order valence-electron chi connectivity index (χ2n) is 20.5. The Labute approximate surface area is 426 Å². The zero-order valence-corrected chi connectivity index (χ0v) is 46.7. The molecular formula is C59H110N2O7P+. The first kappa shape index (κ1) is 66.7. The average molecular weight is 991 g/mol. The molecule has 9 nitrogen and oxygen atoms in total. The van der Waals surface area contributed by atoms with Crippen molar-refractivity contribution in [2.75, 3.05) is 40.9 Å². The Morgan fingerprint density at radius 1 is 0.507 bits per heavy atom. The molecular weight excluding hydrogens is 880 g/mol.